The molecule has 21 heteroatoms. The van der Waals surface area contributed by atoms with Crippen LogP contribution in [0.1, 0.15) is 62.3 Å². The summed E-state index contributed by atoms with van der Waals surface area (Å²) in [7, 11) is 2.10. The van der Waals surface area contributed by atoms with Crippen LogP contribution in [0.4, 0.5) is 0 Å². The first-order valence-electron chi connectivity index (χ1n) is 22.9. The SMILES string of the molecule is CC(C)[C@H](NC(=O)[C@@H]1CSSC[C@H](NC(=O)[C@H](C)N)C(=O)N[C@@H](Cc2ccccc2)C(=O)N2Cc3ccccc3C[C@H]2C(=O)N[C@@H](CCCCN)C(=O)N[C@@H](Cc2ccc(O)cc2)C(=O)N1)C(=O)O. The first-order valence-corrected chi connectivity index (χ1v) is 25.4. The van der Waals surface area contributed by atoms with Crippen molar-refractivity contribution in [3.05, 3.63) is 101 Å². The molecule has 69 heavy (non-hydrogen) atoms. The van der Waals surface area contributed by atoms with Crippen molar-refractivity contribution in [2.24, 2.45) is 17.4 Å². The number of fused-ring (bicyclic) bond motifs is 2. The highest BCUT2D eigenvalue weighted by Gasteiger charge is 2.41. The molecule has 0 aliphatic carbocycles. The normalized spacial score (nSPS) is 22.9. The van der Waals surface area contributed by atoms with Gasteiger partial charge in [0.1, 0.15) is 48.0 Å². The third kappa shape index (κ3) is 15.7. The number of hydrogen-bond donors (Lipinski definition) is 10. The van der Waals surface area contributed by atoms with Gasteiger partial charge in [-0.1, -0.05) is 102 Å². The smallest absolute Gasteiger partial charge is 0.326 e. The summed E-state index contributed by atoms with van der Waals surface area (Å²) in [6.45, 7) is 4.93. The van der Waals surface area contributed by atoms with E-state index in [1.807, 2.05) is 24.3 Å². The summed E-state index contributed by atoms with van der Waals surface area (Å²) in [4.78, 5) is 114. The van der Waals surface area contributed by atoms with Crippen molar-refractivity contribution in [1.82, 2.24) is 36.8 Å². The lowest BCUT2D eigenvalue weighted by atomic mass is 9.91. The number of benzene rings is 3. The number of phenols is 1. The molecule has 3 aromatic rings. The number of carbonyl (C=O) groups excluding carboxylic acids is 7. The standard InChI is InChI=1S/C48H63N9O10S2/c1-27(2)40(48(66)67)56-45(63)38-26-69-68-25-37(54-41(59)28(3)50)44(62)53-36(22-29-11-5-4-6-12-29)47(65)57-24-32-14-8-7-13-31(32)23-39(57)46(64)51-34(15-9-10-20-49)42(60)52-35(43(61)55-38)21-30-16-18-33(58)19-17-30/h4-8,11-14,16-19,27-28,34-40,58H,9-10,15,20-26,49-50H2,1-3H3,(H,51,64)(H,52,60)(H,53,62)(H,54,59)(H,55,61)(H,56,63)(H,66,67)/t28-,34-,35-,36-,37-,38-,39-,40-/m0/s1. The molecule has 0 bridgehead atoms. The van der Waals surface area contributed by atoms with Crippen LogP contribution in [0.5, 0.6) is 5.75 Å². The van der Waals surface area contributed by atoms with E-state index in [0.717, 1.165) is 32.7 Å². The average Bonchev–Trinajstić information content (AvgIpc) is 3.32. The van der Waals surface area contributed by atoms with E-state index in [0.29, 0.717) is 30.5 Å². The molecule has 2 heterocycles. The largest absolute Gasteiger partial charge is 0.508 e. The summed E-state index contributed by atoms with van der Waals surface area (Å²) in [6.07, 6.45) is 0.902. The molecule has 0 saturated carbocycles. The van der Waals surface area contributed by atoms with Gasteiger partial charge in [-0.25, -0.2) is 4.79 Å². The Morgan fingerprint density at radius 2 is 1.33 bits per heavy atom. The van der Waals surface area contributed by atoms with Gasteiger partial charge in [-0.2, -0.15) is 0 Å². The van der Waals surface area contributed by atoms with Crippen LogP contribution in [0.15, 0.2) is 78.9 Å². The van der Waals surface area contributed by atoms with Crippen molar-refractivity contribution >= 4 is 68.9 Å². The number of hydrogen-bond acceptors (Lipinski definition) is 13. The Bertz CT molecular complexity index is 2290. The fourth-order valence-corrected chi connectivity index (χ4v) is 10.2. The number of carbonyl (C=O) groups is 8. The van der Waals surface area contributed by atoms with Gasteiger partial charge in [0.2, 0.25) is 41.4 Å². The summed E-state index contributed by atoms with van der Waals surface area (Å²) >= 11 is 0. The maximum Gasteiger partial charge on any atom is 0.326 e. The number of amides is 7. The molecule has 0 unspecified atom stereocenters. The Labute approximate surface area is 409 Å². The highest BCUT2D eigenvalue weighted by Crippen LogP contribution is 2.27. The highest BCUT2D eigenvalue weighted by molar-refractivity contribution is 8.76. The first-order chi connectivity index (χ1) is 32.9. The summed E-state index contributed by atoms with van der Waals surface area (Å²) in [5, 5.41) is 36.3. The zero-order chi connectivity index (χ0) is 50.2. The van der Waals surface area contributed by atoms with Gasteiger partial charge in [-0.3, -0.25) is 33.6 Å². The summed E-state index contributed by atoms with van der Waals surface area (Å²) in [5.74, 6) is -7.29. The van der Waals surface area contributed by atoms with Gasteiger partial charge in [0.25, 0.3) is 0 Å². The summed E-state index contributed by atoms with van der Waals surface area (Å²) in [5.41, 5.74) is 14.5. The molecule has 2 aliphatic heterocycles. The van der Waals surface area contributed by atoms with Crippen LogP contribution in [-0.4, -0.2) is 129 Å². The van der Waals surface area contributed by atoms with E-state index >= 15 is 4.79 Å². The van der Waals surface area contributed by atoms with Crippen molar-refractivity contribution in [3.8, 4) is 5.75 Å². The highest BCUT2D eigenvalue weighted by atomic mass is 33.1. The minimum Gasteiger partial charge on any atom is -0.508 e. The molecule has 2 aliphatic rings. The van der Waals surface area contributed by atoms with E-state index < -0.39 is 102 Å². The fourth-order valence-electron chi connectivity index (χ4n) is 7.83. The first kappa shape index (κ1) is 53.8. The zero-order valence-electron chi connectivity index (χ0n) is 38.9. The van der Waals surface area contributed by atoms with Crippen molar-refractivity contribution in [2.45, 2.75) is 114 Å². The van der Waals surface area contributed by atoms with E-state index in [-0.39, 0.29) is 49.5 Å². The van der Waals surface area contributed by atoms with Crippen LogP contribution in [0.25, 0.3) is 0 Å². The Morgan fingerprint density at radius 3 is 1.99 bits per heavy atom. The molecule has 0 spiro atoms. The lowest BCUT2D eigenvalue weighted by Gasteiger charge is -2.39. The predicted molar refractivity (Wildman–Crippen MR) is 262 cm³/mol. The minimum atomic E-state index is -1.40. The van der Waals surface area contributed by atoms with Crippen LogP contribution in [0.3, 0.4) is 0 Å². The van der Waals surface area contributed by atoms with Crippen LogP contribution in [-0.2, 0) is 64.2 Å². The number of nitrogens with zero attached hydrogens (tertiary/aromatic N) is 1. The lowest BCUT2D eigenvalue weighted by molar-refractivity contribution is -0.145. The summed E-state index contributed by atoms with van der Waals surface area (Å²) in [6, 6.07) is 12.1. The number of nitrogens with one attached hydrogen (secondary N) is 6. The average molecular weight is 990 g/mol. The Kier molecular flexibility index (Phi) is 20.3. The zero-order valence-corrected chi connectivity index (χ0v) is 40.5. The van der Waals surface area contributed by atoms with Crippen molar-refractivity contribution in [2.75, 3.05) is 18.1 Å². The second-order valence-electron chi connectivity index (χ2n) is 17.5. The summed E-state index contributed by atoms with van der Waals surface area (Å²) < 4.78 is 0. The number of carboxylic acids is 1. The van der Waals surface area contributed by atoms with Crippen LogP contribution in [0, 0.1) is 5.92 Å². The Morgan fingerprint density at radius 1 is 0.739 bits per heavy atom. The quantitative estimate of drug-likeness (QED) is 0.0784. The number of aliphatic carboxylic acids is 1. The maximum absolute atomic E-state index is 15.1. The van der Waals surface area contributed by atoms with Crippen molar-refractivity contribution in [1.29, 1.82) is 0 Å². The number of carboxylic acid groups (broad SMARTS) is 1. The van der Waals surface area contributed by atoms with Crippen LogP contribution in [0.2, 0.25) is 0 Å². The van der Waals surface area contributed by atoms with Gasteiger partial charge in [-0.05, 0) is 73.0 Å². The Hall–Kier alpha value is -6.16. The second kappa shape index (κ2) is 26.0. The molecule has 8 atom stereocenters. The molecule has 372 valence electrons. The van der Waals surface area contributed by atoms with E-state index in [1.165, 1.54) is 24.0 Å². The van der Waals surface area contributed by atoms with E-state index in [1.54, 1.807) is 56.3 Å². The number of nitrogens with two attached hydrogens (primary N) is 2. The van der Waals surface area contributed by atoms with E-state index in [4.69, 9.17) is 11.5 Å². The predicted octanol–water partition coefficient (Wildman–Crippen LogP) is 0.652. The van der Waals surface area contributed by atoms with Gasteiger partial charge >= 0.3 is 5.97 Å². The molecule has 5 rings (SSSR count). The van der Waals surface area contributed by atoms with Gasteiger partial charge in [0, 0.05) is 37.3 Å². The van der Waals surface area contributed by atoms with E-state index in [9.17, 15) is 43.8 Å². The molecule has 0 aromatic heterocycles. The van der Waals surface area contributed by atoms with Gasteiger partial charge in [0.15, 0.2) is 0 Å². The van der Waals surface area contributed by atoms with E-state index in [2.05, 4.69) is 31.9 Å². The van der Waals surface area contributed by atoms with Crippen LogP contribution < -0.4 is 43.4 Å². The molecule has 1 fully saturated rings. The maximum atomic E-state index is 15.1. The minimum absolute atomic E-state index is 0.00446. The fraction of sp³-hybridized carbons (Fsp3) is 0.458. The Balaban J connectivity index is 1.61. The second-order valence-corrected chi connectivity index (χ2v) is 20.1. The number of phenolic OH excluding ortho intramolecular Hbond substituents is 1. The van der Waals surface area contributed by atoms with Gasteiger partial charge in [-0.15, -0.1) is 0 Å². The van der Waals surface area contributed by atoms with Crippen LogP contribution >= 0.6 is 21.6 Å². The molecule has 12 N–H and O–H groups in total. The molecule has 3 aromatic carbocycles. The molecular weight excluding hydrogens is 927 g/mol. The monoisotopic (exact) mass is 989 g/mol. The number of aromatic hydroxyl groups is 1. The lowest BCUT2D eigenvalue weighted by Crippen LogP contribution is -2.62. The molecule has 19 nitrogen and oxygen atoms in total. The van der Waals surface area contributed by atoms with Gasteiger partial charge < -0.3 is 58.5 Å². The van der Waals surface area contributed by atoms with Crippen molar-refractivity contribution < 1.29 is 48.6 Å². The van der Waals surface area contributed by atoms with Crippen molar-refractivity contribution in [3.63, 3.8) is 0 Å². The molecule has 0 radical (unpaired) electrons. The number of unbranched alkanes of at least 4 members (excludes halogenated alkanes) is 1. The molecule has 7 amide bonds. The molecular formula is C48H63N9O10S2. The number of rotatable bonds is 14. The third-order valence-electron chi connectivity index (χ3n) is 11.8. The van der Waals surface area contributed by atoms with Gasteiger partial charge in [0.05, 0.1) is 6.04 Å². The topological polar surface area (TPSA) is 304 Å². The third-order valence-corrected chi connectivity index (χ3v) is 14.2. The molecule has 1 saturated heterocycles.